The van der Waals surface area contributed by atoms with Gasteiger partial charge in [0.25, 0.3) is 0 Å². The van der Waals surface area contributed by atoms with Crippen molar-refractivity contribution < 1.29 is 19.1 Å². The molecule has 0 rings (SSSR count). The van der Waals surface area contributed by atoms with E-state index in [-0.39, 0.29) is 18.2 Å². The average molecular weight is 442 g/mol. The maximum Gasteiger partial charge on any atom is 0.410 e. The molecule has 1 amide bonds. The van der Waals surface area contributed by atoms with Gasteiger partial charge in [-0.1, -0.05) is 71.6 Å². The fourth-order valence-electron chi connectivity index (χ4n) is 3.53. The van der Waals surface area contributed by atoms with Crippen LogP contribution in [0, 0.1) is 0 Å². The number of amides is 1. The largest absolute Gasteiger partial charge is 0.462 e. The molecule has 0 bridgehead atoms. The molecule has 0 aromatic heterocycles. The predicted molar refractivity (Wildman–Crippen MR) is 129 cm³/mol. The molecule has 0 N–H and O–H groups in total. The van der Waals surface area contributed by atoms with Crippen LogP contribution in [0.5, 0.6) is 0 Å². The zero-order valence-corrected chi connectivity index (χ0v) is 21.5. The minimum Gasteiger partial charge on any atom is -0.462 e. The minimum absolute atomic E-state index is 0.0453. The number of hydrogen-bond acceptors (Lipinski definition) is 4. The Labute approximate surface area is 192 Å². The Morgan fingerprint density at radius 2 is 1.26 bits per heavy atom. The standard InChI is InChI=1S/C26H51NO4/c1-7-9-11-13-15-17-20-23(19-16-14-12-10-8-2)30-24(28)21-18-22-27(6)25(29)31-26(3,4)5/h23H,7-22H2,1-6H3. The maximum atomic E-state index is 12.4. The van der Waals surface area contributed by atoms with E-state index in [0.29, 0.717) is 19.4 Å². The first kappa shape index (κ1) is 29.7. The molecule has 0 aliphatic carbocycles. The first-order valence-corrected chi connectivity index (χ1v) is 12.8. The zero-order valence-electron chi connectivity index (χ0n) is 21.5. The van der Waals surface area contributed by atoms with E-state index in [2.05, 4.69) is 13.8 Å². The van der Waals surface area contributed by atoms with E-state index in [9.17, 15) is 9.59 Å². The predicted octanol–water partition coefficient (Wildman–Crippen LogP) is 7.66. The molecule has 184 valence electrons. The number of nitrogens with zero attached hydrogens (tertiary/aromatic N) is 1. The van der Waals surface area contributed by atoms with E-state index in [1.807, 2.05) is 20.8 Å². The lowest BCUT2D eigenvalue weighted by molar-refractivity contribution is -0.150. The Morgan fingerprint density at radius 3 is 1.74 bits per heavy atom. The average Bonchev–Trinajstić information content (AvgIpc) is 2.68. The van der Waals surface area contributed by atoms with Gasteiger partial charge < -0.3 is 14.4 Å². The van der Waals surface area contributed by atoms with Crippen molar-refractivity contribution in [1.82, 2.24) is 4.90 Å². The Bertz CT molecular complexity index is 459. The fraction of sp³-hybridized carbons (Fsp3) is 0.923. The summed E-state index contributed by atoms with van der Waals surface area (Å²) in [6, 6.07) is 0. The van der Waals surface area contributed by atoms with Crippen LogP contribution in [0.2, 0.25) is 0 Å². The second-order valence-electron chi connectivity index (χ2n) is 9.88. The summed E-state index contributed by atoms with van der Waals surface area (Å²) in [5.74, 6) is -0.137. The lowest BCUT2D eigenvalue weighted by atomic mass is 10.0. The van der Waals surface area contributed by atoms with Gasteiger partial charge in [0.1, 0.15) is 11.7 Å². The van der Waals surface area contributed by atoms with Crippen LogP contribution in [0.3, 0.4) is 0 Å². The van der Waals surface area contributed by atoms with E-state index in [4.69, 9.17) is 9.47 Å². The number of ether oxygens (including phenoxy) is 2. The monoisotopic (exact) mass is 441 g/mol. The highest BCUT2D eigenvalue weighted by Gasteiger charge is 2.20. The van der Waals surface area contributed by atoms with Gasteiger partial charge >= 0.3 is 12.1 Å². The SMILES string of the molecule is CCCCCCCCC(CCCCCCC)OC(=O)CCCN(C)C(=O)OC(C)(C)C. The molecule has 0 spiro atoms. The lowest BCUT2D eigenvalue weighted by Gasteiger charge is -2.24. The van der Waals surface area contributed by atoms with Crippen molar-refractivity contribution in [1.29, 1.82) is 0 Å². The van der Waals surface area contributed by atoms with Gasteiger partial charge in [0, 0.05) is 20.0 Å². The fourth-order valence-corrected chi connectivity index (χ4v) is 3.53. The van der Waals surface area contributed by atoms with Crippen LogP contribution in [0.15, 0.2) is 0 Å². The molecule has 1 unspecified atom stereocenters. The smallest absolute Gasteiger partial charge is 0.410 e. The topological polar surface area (TPSA) is 55.8 Å². The van der Waals surface area contributed by atoms with Crippen molar-refractivity contribution in [2.24, 2.45) is 0 Å². The molecule has 0 aromatic carbocycles. The normalized spacial score (nSPS) is 12.5. The molecule has 0 heterocycles. The molecule has 0 radical (unpaired) electrons. The molecular weight excluding hydrogens is 390 g/mol. The van der Waals surface area contributed by atoms with Crippen molar-refractivity contribution in [3.63, 3.8) is 0 Å². The number of carbonyl (C=O) groups excluding carboxylic acids is 2. The van der Waals surface area contributed by atoms with Crippen molar-refractivity contribution in [2.45, 2.75) is 143 Å². The van der Waals surface area contributed by atoms with E-state index >= 15 is 0 Å². The minimum atomic E-state index is -0.509. The molecule has 0 aromatic rings. The van der Waals surface area contributed by atoms with Crippen molar-refractivity contribution >= 4 is 12.1 Å². The van der Waals surface area contributed by atoms with Crippen LogP contribution in [0.4, 0.5) is 4.79 Å². The summed E-state index contributed by atoms with van der Waals surface area (Å²) in [5, 5.41) is 0. The Balaban J connectivity index is 4.27. The molecular formula is C26H51NO4. The molecule has 5 nitrogen and oxygen atoms in total. The molecule has 0 saturated carbocycles. The van der Waals surface area contributed by atoms with E-state index in [1.54, 1.807) is 7.05 Å². The number of rotatable bonds is 18. The van der Waals surface area contributed by atoms with Gasteiger partial charge in [-0.15, -0.1) is 0 Å². The van der Waals surface area contributed by atoms with Gasteiger partial charge in [-0.3, -0.25) is 4.79 Å². The van der Waals surface area contributed by atoms with E-state index < -0.39 is 5.60 Å². The van der Waals surface area contributed by atoms with Crippen LogP contribution in [-0.2, 0) is 14.3 Å². The second-order valence-corrected chi connectivity index (χ2v) is 9.88. The van der Waals surface area contributed by atoms with Crippen molar-refractivity contribution in [3.8, 4) is 0 Å². The third kappa shape index (κ3) is 19.2. The van der Waals surface area contributed by atoms with E-state index in [1.165, 1.54) is 62.7 Å². The third-order valence-electron chi connectivity index (χ3n) is 5.39. The number of carbonyl (C=O) groups is 2. The molecule has 31 heavy (non-hydrogen) atoms. The molecule has 5 heteroatoms. The van der Waals surface area contributed by atoms with Gasteiger partial charge in [-0.2, -0.15) is 0 Å². The summed E-state index contributed by atoms with van der Waals surface area (Å²) in [5.41, 5.74) is -0.509. The van der Waals surface area contributed by atoms with Crippen LogP contribution < -0.4 is 0 Å². The number of hydrogen-bond donors (Lipinski definition) is 0. The van der Waals surface area contributed by atoms with Gasteiger partial charge in [0.05, 0.1) is 0 Å². The lowest BCUT2D eigenvalue weighted by Crippen LogP contribution is -2.35. The molecule has 0 aliphatic heterocycles. The number of unbranched alkanes of at least 4 members (excludes halogenated alkanes) is 9. The van der Waals surface area contributed by atoms with Crippen LogP contribution in [-0.4, -0.2) is 42.3 Å². The van der Waals surface area contributed by atoms with Gasteiger partial charge in [0.15, 0.2) is 0 Å². The van der Waals surface area contributed by atoms with Gasteiger partial charge in [0.2, 0.25) is 0 Å². The maximum absolute atomic E-state index is 12.4. The Morgan fingerprint density at radius 1 is 0.774 bits per heavy atom. The highest BCUT2D eigenvalue weighted by molar-refractivity contribution is 5.70. The first-order chi connectivity index (χ1) is 14.7. The first-order valence-electron chi connectivity index (χ1n) is 12.8. The van der Waals surface area contributed by atoms with Crippen LogP contribution >= 0.6 is 0 Å². The quantitative estimate of drug-likeness (QED) is 0.162. The summed E-state index contributed by atoms with van der Waals surface area (Å²) in [6.07, 6.45) is 16.3. The highest BCUT2D eigenvalue weighted by atomic mass is 16.6. The third-order valence-corrected chi connectivity index (χ3v) is 5.39. The summed E-state index contributed by atoms with van der Waals surface area (Å²) >= 11 is 0. The van der Waals surface area contributed by atoms with Gasteiger partial charge in [-0.25, -0.2) is 4.79 Å². The Hall–Kier alpha value is -1.26. The van der Waals surface area contributed by atoms with Crippen molar-refractivity contribution in [3.05, 3.63) is 0 Å². The van der Waals surface area contributed by atoms with E-state index in [0.717, 1.165) is 25.7 Å². The highest BCUT2D eigenvalue weighted by Crippen LogP contribution is 2.17. The van der Waals surface area contributed by atoms with Crippen LogP contribution in [0.25, 0.3) is 0 Å². The van der Waals surface area contributed by atoms with Gasteiger partial charge in [-0.05, 0) is 52.9 Å². The van der Waals surface area contributed by atoms with Crippen LogP contribution in [0.1, 0.15) is 131 Å². The summed E-state index contributed by atoms with van der Waals surface area (Å²) < 4.78 is 11.2. The molecule has 0 saturated heterocycles. The Kier molecular flexibility index (Phi) is 17.6. The second kappa shape index (κ2) is 18.3. The molecule has 0 fully saturated rings. The summed E-state index contributed by atoms with van der Waals surface area (Å²) in [4.78, 5) is 25.9. The zero-order chi connectivity index (χ0) is 23.5. The molecule has 0 aliphatic rings. The number of esters is 1. The summed E-state index contributed by atoms with van der Waals surface area (Å²) in [7, 11) is 1.71. The molecule has 1 atom stereocenters. The van der Waals surface area contributed by atoms with Crippen molar-refractivity contribution in [2.75, 3.05) is 13.6 Å². The summed E-state index contributed by atoms with van der Waals surface area (Å²) in [6.45, 7) is 10.5.